The molecule has 17 heavy (non-hydrogen) atoms. The molecule has 2 aromatic heterocycles. The molecule has 2 rings (SSSR count). The largest absolute Gasteiger partial charge is 0.370 e. The van der Waals surface area contributed by atoms with Crippen molar-refractivity contribution in [3.05, 3.63) is 30.2 Å². The molecule has 0 saturated heterocycles. The van der Waals surface area contributed by atoms with Crippen LogP contribution in [0.4, 0.5) is 0 Å². The normalized spacial score (nSPS) is 12.8. The number of nitrogens with one attached hydrogen (secondary N) is 1. The van der Waals surface area contributed by atoms with Gasteiger partial charge in [-0.3, -0.25) is 9.20 Å². The molecule has 6 nitrogen and oxygen atoms in total. The summed E-state index contributed by atoms with van der Waals surface area (Å²) in [4.78, 5) is 10.7. The molecular formula is C11H15N5O. The van der Waals surface area contributed by atoms with Crippen LogP contribution in [-0.2, 0) is 11.3 Å². The van der Waals surface area contributed by atoms with Crippen molar-refractivity contribution in [2.75, 3.05) is 0 Å². The van der Waals surface area contributed by atoms with E-state index in [9.17, 15) is 4.79 Å². The summed E-state index contributed by atoms with van der Waals surface area (Å²) >= 11 is 0. The average molecular weight is 233 g/mol. The first-order valence-corrected chi connectivity index (χ1v) is 5.47. The standard InChI is InChI=1S/C11H15N5O/c1-8(6-9(12)17)13-7-11-15-14-10-4-2-3-5-16(10)11/h2-5,8,13H,6-7H2,1H3,(H2,12,17). The fourth-order valence-electron chi connectivity index (χ4n) is 1.65. The lowest BCUT2D eigenvalue weighted by Crippen LogP contribution is -2.31. The van der Waals surface area contributed by atoms with Crippen molar-refractivity contribution in [3.63, 3.8) is 0 Å². The van der Waals surface area contributed by atoms with E-state index < -0.39 is 0 Å². The Morgan fingerprint density at radius 1 is 1.53 bits per heavy atom. The third-order valence-corrected chi connectivity index (χ3v) is 2.50. The molecule has 0 spiro atoms. The van der Waals surface area contributed by atoms with Gasteiger partial charge in [0.15, 0.2) is 11.5 Å². The SMILES string of the molecule is CC(CC(N)=O)NCc1nnc2ccccn12. The number of nitrogens with zero attached hydrogens (tertiary/aromatic N) is 3. The second kappa shape index (κ2) is 4.92. The van der Waals surface area contributed by atoms with Gasteiger partial charge in [-0.25, -0.2) is 0 Å². The van der Waals surface area contributed by atoms with E-state index >= 15 is 0 Å². The second-order valence-corrected chi connectivity index (χ2v) is 4.00. The van der Waals surface area contributed by atoms with Gasteiger partial charge in [0, 0.05) is 18.7 Å². The Hall–Kier alpha value is -1.95. The molecule has 0 aromatic carbocycles. The average Bonchev–Trinajstić information content (AvgIpc) is 2.69. The van der Waals surface area contributed by atoms with Crippen LogP contribution in [0.15, 0.2) is 24.4 Å². The van der Waals surface area contributed by atoms with Crippen molar-refractivity contribution in [1.82, 2.24) is 19.9 Å². The molecular weight excluding hydrogens is 218 g/mol. The van der Waals surface area contributed by atoms with Crippen molar-refractivity contribution < 1.29 is 4.79 Å². The topological polar surface area (TPSA) is 85.3 Å². The molecule has 3 N–H and O–H groups in total. The highest BCUT2D eigenvalue weighted by Gasteiger charge is 2.08. The maximum atomic E-state index is 10.7. The van der Waals surface area contributed by atoms with E-state index in [1.165, 1.54) is 0 Å². The van der Waals surface area contributed by atoms with Crippen LogP contribution in [0.1, 0.15) is 19.2 Å². The molecule has 1 amide bonds. The van der Waals surface area contributed by atoms with Gasteiger partial charge in [-0.1, -0.05) is 6.07 Å². The van der Waals surface area contributed by atoms with Gasteiger partial charge in [-0.15, -0.1) is 10.2 Å². The second-order valence-electron chi connectivity index (χ2n) is 4.00. The van der Waals surface area contributed by atoms with Crippen molar-refractivity contribution >= 4 is 11.6 Å². The van der Waals surface area contributed by atoms with Gasteiger partial charge in [0.1, 0.15) is 0 Å². The summed E-state index contributed by atoms with van der Waals surface area (Å²) in [6.07, 6.45) is 2.22. The summed E-state index contributed by atoms with van der Waals surface area (Å²) in [7, 11) is 0. The highest BCUT2D eigenvalue weighted by atomic mass is 16.1. The minimum absolute atomic E-state index is 0.0311. The molecule has 2 aromatic rings. The number of nitrogens with two attached hydrogens (primary N) is 1. The molecule has 0 bridgehead atoms. The number of fused-ring (bicyclic) bond motifs is 1. The third-order valence-electron chi connectivity index (χ3n) is 2.50. The number of aromatic nitrogens is 3. The van der Waals surface area contributed by atoms with Crippen molar-refractivity contribution in [2.45, 2.75) is 25.9 Å². The predicted octanol–water partition coefficient (Wildman–Crippen LogP) is 0.0828. The summed E-state index contributed by atoms with van der Waals surface area (Å²) in [6.45, 7) is 2.47. The number of rotatable bonds is 5. The lowest BCUT2D eigenvalue weighted by Gasteiger charge is -2.10. The van der Waals surface area contributed by atoms with Crippen LogP contribution >= 0.6 is 0 Å². The molecule has 1 unspecified atom stereocenters. The monoisotopic (exact) mass is 233 g/mol. The lowest BCUT2D eigenvalue weighted by atomic mass is 10.2. The first-order valence-electron chi connectivity index (χ1n) is 5.47. The summed E-state index contributed by atoms with van der Waals surface area (Å²) in [5.74, 6) is 0.507. The van der Waals surface area contributed by atoms with Crippen LogP contribution in [0.3, 0.4) is 0 Å². The van der Waals surface area contributed by atoms with E-state index in [1.807, 2.05) is 35.7 Å². The molecule has 1 atom stereocenters. The van der Waals surface area contributed by atoms with Gasteiger partial charge >= 0.3 is 0 Å². The molecule has 6 heteroatoms. The van der Waals surface area contributed by atoms with Gasteiger partial charge < -0.3 is 11.1 Å². The zero-order valence-corrected chi connectivity index (χ0v) is 9.63. The van der Waals surface area contributed by atoms with E-state index in [0.717, 1.165) is 11.5 Å². The summed E-state index contributed by atoms with van der Waals surface area (Å²) in [6, 6.07) is 5.76. The van der Waals surface area contributed by atoms with Gasteiger partial charge in [-0.05, 0) is 19.1 Å². The number of carbonyl (C=O) groups is 1. The van der Waals surface area contributed by atoms with E-state index in [-0.39, 0.29) is 11.9 Å². The Balaban J connectivity index is 2.02. The maximum Gasteiger partial charge on any atom is 0.218 e. The van der Waals surface area contributed by atoms with E-state index in [2.05, 4.69) is 15.5 Å². The van der Waals surface area contributed by atoms with Crippen LogP contribution in [0.2, 0.25) is 0 Å². The third kappa shape index (κ3) is 2.79. The van der Waals surface area contributed by atoms with Crippen LogP contribution in [0, 0.1) is 0 Å². The minimum atomic E-state index is -0.309. The number of amides is 1. The maximum absolute atomic E-state index is 10.7. The zero-order valence-electron chi connectivity index (χ0n) is 9.63. The fourth-order valence-corrected chi connectivity index (χ4v) is 1.65. The first kappa shape index (κ1) is 11.5. The number of hydrogen-bond acceptors (Lipinski definition) is 4. The Morgan fingerprint density at radius 2 is 2.35 bits per heavy atom. The number of carbonyl (C=O) groups excluding carboxylic acids is 1. The Kier molecular flexibility index (Phi) is 3.34. The quantitative estimate of drug-likeness (QED) is 0.766. The van der Waals surface area contributed by atoms with Crippen molar-refractivity contribution in [2.24, 2.45) is 5.73 Å². The minimum Gasteiger partial charge on any atom is -0.370 e. The van der Waals surface area contributed by atoms with Crippen LogP contribution in [-0.4, -0.2) is 26.5 Å². The Labute approximate surface area is 98.8 Å². The van der Waals surface area contributed by atoms with Crippen molar-refractivity contribution in [3.8, 4) is 0 Å². The molecule has 0 aliphatic heterocycles. The molecule has 0 saturated carbocycles. The highest BCUT2D eigenvalue weighted by Crippen LogP contribution is 2.03. The van der Waals surface area contributed by atoms with Crippen LogP contribution in [0.5, 0.6) is 0 Å². The Bertz CT molecular complexity index is 521. The molecule has 0 radical (unpaired) electrons. The van der Waals surface area contributed by atoms with Crippen LogP contribution in [0.25, 0.3) is 5.65 Å². The molecule has 2 heterocycles. The van der Waals surface area contributed by atoms with E-state index in [1.54, 1.807) is 0 Å². The predicted molar refractivity (Wildman–Crippen MR) is 63.1 cm³/mol. The number of pyridine rings is 1. The lowest BCUT2D eigenvalue weighted by molar-refractivity contribution is -0.118. The van der Waals surface area contributed by atoms with Gasteiger partial charge in [0.05, 0.1) is 6.54 Å². The molecule has 90 valence electrons. The highest BCUT2D eigenvalue weighted by molar-refractivity contribution is 5.74. The number of primary amides is 1. The molecule has 0 aliphatic rings. The summed E-state index contributed by atoms with van der Waals surface area (Å²) in [5, 5.41) is 11.3. The van der Waals surface area contributed by atoms with Crippen molar-refractivity contribution in [1.29, 1.82) is 0 Å². The van der Waals surface area contributed by atoms with E-state index in [4.69, 9.17) is 5.73 Å². The number of hydrogen-bond donors (Lipinski definition) is 2. The summed E-state index contributed by atoms with van der Waals surface area (Å²) < 4.78 is 1.91. The van der Waals surface area contributed by atoms with Gasteiger partial charge in [-0.2, -0.15) is 0 Å². The Morgan fingerprint density at radius 3 is 3.12 bits per heavy atom. The van der Waals surface area contributed by atoms with Crippen LogP contribution < -0.4 is 11.1 Å². The fraction of sp³-hybridized carbons (Fsp3) is 0.364. The zero-order chi connectivity index (χ0) is 12.3. The first-order chi connectivity index (χ1) is 8.16. The van der Waals surface area contributed by atoms with E-state index in [0.29, 0.717) is 13.0 Å². The molecule has 0 fully saturated rings. The molecule has 0 aliphatic carbocycles. The summed E-state index contributed by atoms with van der Waals surface area (Å²) in [5.41, 5.74) is 5.93. The smallest absolute Gasteiger partial charge is 0.218 e. The van der Waals surface area contributed by atoms with Gasteiger partial charge in [0.2, 0.25) is 5.91 Å². The van der Waals surface area contributed by atoms with Gasteiger partial charge in [0.25, 0.3) is 0 Å².